The van der Waals surface area contributed by atoms with E-state index in [-0.39, 0.29) is 47.8 Å². The molecule has 4 fully saturated rings. The minimum atomic E-state index is -0.810. The number of rotatable bonds is 3. The molecule has 0 radical (unpaired) electrons. The first kappa shape index (κ1) is 21.8. The Hall–Kier alpha value is -1.40. The number of ether oxygens (including phenoxy) is 3. The van der Waals surface area contributed by atoms with E-state index in [9.17, 15) is 14.7 Å². The third kappa shape index (κ3) is 3.40. The van der Waals surface area contributed by atoms with Crippen molar-refractivity contribution in [2.45, 2.75) is 102 Å². The second kappa shape index (κ2) is 7.63. The van der Waals surface area contributed by atoms with Gasteiger partial charge in [0.15, 0.2) is 0 Å². The van der Waals surface area contributed by atoms with Gasteiger partial charge < -0.3 is 19.3 Å². The number of carbonyl (C=O) groups is 2. The van der Waals surface area contributed by atoms with Gasteiger partial charge in [0.1, 0.15) is 17.3 Å². The van der Waals surface area contributed by atoms with E-state index in [0.29, 0.717) is 32.1 Å². The predicted molar refractivity (Wildman–Crippen MR) is 110 cm³/mol. The van der Waals surface area contributed by atoms with Crippen LogP contribution in [0.2, 0.25) is 0 Å². The molecule has 0 unspecified atom stereocenters. The lowest BCUT2D eigenvalue weighted by Gasteiger charge is -2.48. The molecule has 0 aromatic rings. The summed E-state index contributed by atoms with van der Waals surface area (Å²) in [5, 5.41) is 10.6. The standard InChI is InChI=1S/C24H36O6/c1-6-7-18(26)29-23(4)10-8-15-14(3)22(27)30-24(5)11-9-16(25)13(2)12-17-20(23)19(15)21(24)28-17/h14-17,19-21,25H,2,6-12H2,1,3-5H3/t14-,15+,16-,17+,19+,20+,21+,23-,24+/m1/s1. The summed E-state index contributed by atoms with van der Waals surface area (Å²) in [5.41, 5.74) is -0.730. The molecule has 6 heteroatoms. The number of aliphatic hydroxyl groups is 1. The van der Waals surface area contributed by atoms with E-state index in [0.717, 1.165) is 18.4 Å². The number of hydrogen-bond donors (Lipinski definition) is 1. The van der Waals surface area contributed by atoms with Gasteiger partial charge in [0.2, 0.25) is 0 Å². The molecule has 9 atom stereocenters. The molecule has 0 aromatic heterocycles. The summed E-state index contributed by atoms with van der Waals surface area (Å²) in [4.78, 5) is 25.5. The maximum atomic E-state index is 12.9. The summed E-state index contributed by atoms with van der Waals surface area (Å²) < 4.78 is 18.9. The molecule has 1 N–H and O–H groups in total. The third-order valence-corrected chi connectivity index (χ3v) is 8.26. The van der Waals surface area contributed by atoms with Crippen molar-refractivity contribution < 1.29 is 28.9 Å². The number of hydrogen-bond acceptors (Lipinski definition) is 6. The highest BCUT2D eigenvalue weighted by Gasteiger charge is 2.66. The van der Waals surface area contributed by atoms with Crippen LogP contribution in [0.25, 0.3) is 0 Å². The van der Waals surface area contributed by atoms with Gasteiger partial charge >= 0.3 is 11.9 Å². The van der Waals surface area contributed by atoms with Crippen molar-refractivity contribution in [2.75, 3.05) is 0 Å². The van der Waals surface area contributed by atoms with Gasteiger partial charge in [-0.3, -0.25) is 9.59 Å². The van der Waals surface area contributed by atoms with E-state index in [1.165, 1.54) is 0 Å². The number of esters is 2. The summed E-state index contributed by atoms with van der Waals surface area (Å²) in [6.45, 7) is 12.0. The van der Waals surface area contributed by atoms with Crippen molar-refractivity contribution in [3.63, 3.8) is 0 Å². The SMILES string of the molecule is C=C1C[C@@H]2O[C@H]3[C@H]4[C@@H](CC[C@@](C)(OC(=O)CCC)[C@H]42)[C@@H](C)C(=O)O[C@@]3(C)CC[C@H]1O. The van der Waals surface area contributed by atoms with Crippen LogP contribution in [0.5, 0.6) is 0 Å². The molecular weight excluding hydrogens is 384 g/mol. The largest absolute Gasteiger partial charge is 0.459 e. The fraction of sp³-hybridized carbons (Fsp3) is 0.833. The van der Waals surface area contributed by atoms with Gasteiger partial charge in [-0.1, -0.05) is 20.4 Å². The van der Waals surface area contributed by atoms with Crippen molar-refractivity contribution in [3.8, 4) is 0 Å². The quantitative estimate of drug-likeness (QED) is 0.555. The lowest BCUT2D eigenvalue weighted by atomic mass is 9.58. The Morgan fingerprint density at radius 3 is 2.73 bits per heavy atom. The molecule has 3 heterocycles. The van der Waals surface area contributed by atoms with Crippen LogP contribution in [0.4, 0.5) is 0 Å². The normalized spacial score (nSPS) is 48.1. The van der Waals surface area contributed by atoms with Crippen LogP contribution >= 0.6 is 0 Å². The highest BCUT2D eigenvalue weighted by molar-refractivity contribution is 5.73. The van der Waals surface area contributed by atoms with Crippen LogP contribution < -0.4 is 0 Å². The van der Waals surface area contributed by atoms with E-state index in [1.807, 2.05) is 27.7 Å². The van der Waals surface area contributed by atoms with Crippen molar-refractivity contribution >= 4 is 11.9 Å². The Morgan fingerprint density at radius 1 is 1.30 bits per heavy atom. The summed E-state index contributed by atoms with van der Waals surface area (Å²) >= 11 is 0. The lowest BCUT2D eigenvalue weighted by Crippen LogP contribution is -2.55. The van der Waals surface area contributed by atoms with Crippen LogP contribution in [0.3, 0.4) is 0 Å². The fourth-order valence-electron chi connectivity index (χ4n) is 6.62. The van der Waals surface area contributed by atoms with Crippen molar-refractivity contribution in [1.82, 2.24) is 0 Å². The maximum absolute atomic E-state index is 12.9. The molecule has 1 saturated carbocycles. The minimum Gasteiger partial charge on any atom is -0.459 e. The predicted octanol–water partition coefficient (Wildman–Crippen LogP) is 3.55. The fourth-order valence-corrected chi connectivity index (χ4v) is 6.62. The molecule has 6 nitrogen and oxygen atoms in total. The summed E-state index contributed by atoms with van der Waals surface area (Å²) in [6.07, 6.45) is 3.05. The van der Waals surface area contributed by atoms with Gasteiger partial charge in [-0.25, -0.2) is 0 Å². The Kier molecular flexibility index (Phi) is 5.55. The Bertz CT molecular complexity index is 733. The highest BCUT2D eigenvalue weighted by Crippen LogP contribution is 2.59. The van der Waals surface area contributed by atoms with E-state index in [2.05, 4.69) is 6.58 Å². The van der Waals surface area contributed by atoms with Crippen molar-refractivity contribution in [3.05, 3.63) is 12.2 Å². The molecule has 1 aliphatic carbocycles. The first-order chi connectivity index (χ1) is 14.1. The first-order valence-electron chi connectivity index (χ1n) is 11.6. The number of aliphatic hydroxyl groups excluding tert-OH is 1. The summed E-state index contributed by atoms with van der Waals surface area (Å²) in [5.74, 6) is -0.444. The van der Waals surface area contributed by atoms with Gasteiger partial charge in [0.05, 0.1) is 18.1 Å². The minimum absolute atomic E-state index is 0.0552. The van der Waals surface area contributed by atoms with E-state index in [4.69, 9.17) is 14.2 Å². The van der Waals surface area contributed by atoms with Crippen LogP contribution in [0.1, 0.15) is 72.6 Å². The molecule has 3 aliphatic heterocycles. The second-order valence-electron chi connectivity index (χ2n) is 10.4. The van der Waals surface area contributed by atoms with E-state index < -0.39 is 17.3 Å². The molecular formula is C24H36O6. The molecule has 0 amide bonds. The van der Waals surface area contributed by atoms with Crippen LogP contribution in [-0.4, -0.2) is 46.6 Å². The molecule has 2 bridgehead atoms. The van der Waals surface area contributed by atoms with Gasteiger partial charge in [-0.2, -0.15) is 0 Å². The molecule has 3 saturated heterocycles. The average Bonchev–Trinajstić information content (AvgIpc) is 3.04. The van der Waals surface area contributed by atoms with Crippen molar-refractivity contribution in [2.24, 2.45) is 23.7 Å². The topological polar surface area (TPSA) is 82.1 Å². The first-order valence-corrected chi connectivity index (χ1v) is 11.6. The van der Waals surface area contributed by atoms with E-state index >= 15 is 0 Å². The van der Waals surface area contributed by atoms with Gasteiger partial charge in [-0.15, -0.1) is 0 Å². The molecule has 0 spiro atoms. The molecule has 168 valence electrons. The van der Waals surface area contributed by atoms with Crippen LogP contribution in [-0.2, 0) is 23.8 Å². The third-order valence-electron chi connectivity index (χ3n) is 8.26. The number of carbonyl (C=O) groups excluding carboxylic acids is 2. The smallest absolute Gasteiger partial charge is 0.309 e. The molecule has 4 aliphatic rings. The maximum Gasteiger partial charge on any atom is 0.309 e. The monoisotopic (exact) mass is 420 g/mol. The summed E-state index contributed by atoms with van der Waals surface area (Å²) in [7, 11) is 0. The van der Waals surface area contributed by atoms with Crippen LogP contribution in [0.15, 0.2) is 12.2 Å². The van der Waals surface area contributed by atoms with Gasteiger partial charge in [0, 0.05) is 18.3 Å². The Morgan fingerprint density at radius 2 is 2.03 bits per heavy atom. The lowest BCUT2D eigenvalue weighted by molar-refractivity contribution is -0.181. The van der Waals surface area contributed by atoms with Crippen molar-refractivity contribution in [1.29, 1.82) is 0 Å². The highest BCUT2D eigenvalue weighted by atomic mass is 16.6. The average molecular weight is 421 g/mol. The zero-order chi connectivity index (χ0) is 21.8. The zero-order valence-corrected chi connectivity index (χ0v) is 18.7. The summed E-state index contributed by atoms with van der Waals surface area (Å²) in [6, 6.07) is 0. The van der Waals surface area contributed by atoms with E-state index in [1.54, 1.807) is 0 Å². The van der Waals surface area contributed by atoms with Crippen LogP contribution in [0, 0.1) is 23.7 Å². The Labute approximate surface area is 179 Å². The molecule has 4 rings (SSSR count). The van der Waals surface area contributed by atoms with Gasteiger partial charge in [-0.05, 0) is 63.9 Å². The Balaban J connectivity index is 1.79. The number of fused-ring (bicyclic) bond motifs is 2. The molecule has 30 heavy (non-hydrogen) atoms. The molecule has 0 aromatic carbocycles. The zero-order valence-electron chi connectivity index (χ0n) is 18.7. The van der Waals surface area contributed by atoms with Gasteiger partial charge in [0.25, 0.3) is 0 Å². The second-order valence-corrected chi connectivity index (χ2v) is 10.4.